The maximum atomic E-state index is 15.1. The van der Waals surface area contributed by atoms with E-state index in [2.05, 4.69) is 14.7 Å². The lowest BCUT2D eigenvalue weighted by atomic mass is 9.72. The molecule has 3 N–H and O–H groups in total. The number of carboxylic acids is 1. The van der Waals surface area contributed by atoms with E-state index in [9.17, 15) is 22.4 Å². The van der Waals surface area contributed by atoms with Crippen molar-refractivity contribution in [1.29, 1.82) is 0 Å². The van der Waals surface area contributed by atoms with E-state index in [1.807, 2.05) is 0 Å². The van der Waals surface area contributed by atoms with Crippen LogP contribution in [-0.4, -0.2) is 41.0 Å². The average Bonchev–Trinajstić information content (AvgIpc) is 3.12. The van der Waals surface area contributed by atoms with Crippen molar-refractivity contribution in [2.24, 2.45) is 5.92 Å². The molecule has 0 saturated heterocycles. The highest BCUT2D eigenvalue weighted by atomic mass is 32.2. The Bertz CT molecular complexity index is 1360. The number of rotatable bonds is 8. The minimum atomic E-state index is -3.86. The minimum Gasteiger partial charge on any atom is -0.481 e. The molecule has 1 fully saturated rings. The third-order valence-electron chi connectivity index (χ3n) is 5.81. The molecular weight excluding hydrogens is 456 g/mol. The zero-order chi connectivity index (χ0) is 23.9. The number of benzene rings is 1. The Morgan fingerprint density at radius 3 is 2.67 bits per heavy atom. The first kappa shape index (κ1) is 22.8. The van der Waals surface area contributed by atoms with Crippen molar-refractivity contribution in [3.05, 3.63) is 58.9 Å². The molecule has 174 valence electrons. The average molecular weight is 477 g/mol. The van der Waals surface area contributed by atoms with Gasteiger partial charge in [0.1, 0.15) is 11.5 Å². The molecule has 1 aliphatic carbocycles. The number of aromatic nitrogens is 2. The van der Waals surface area contributed by atoms with Crippen LogP contribution in [-0.2, 0) is 14.8 Å². The lowest BCUT2D eigenvalue weighted by Gasteiger charge is -2.32. The quantitative estimate of drug-likeness (QED) is 0.423. The van der Waals surface area contributed by atoms with Crippen molar-refractivity contribution in [1.82, 2.24) is 9.97 Å². The zero-order valence-corrected chi connectivity index (χ0v) is 18.4. The number of anilines is 1. The minimum absolute atomic E-state index is 0.0279. The van der Waals surface area contributed by atoms with Crippen LogP contribution in [0.5, 0.6) is 0 Å². The van der Waals surface area contributed by atoms with Gasteiger partial charge in [-0.2, -0.15) is 0 Å². The fraction of sp³-hybridized carbons (Fsp3) is 0.318. The normalized spacial score (nSPS) is 18.2. The van der Waals surface area contributed by atoms with Crippen molar-refractivity contribution >= 4 is 38.5 Å². The predicted octanol–water partition coefficient (Wildman–Crippen LogP) is 3.80. The van der Waals surface area contributed by atoms with Crippen LogP contribution in [0.25, 0.3) is 11.0 Å². The van der Waals surface area contributed by atoms with Gasteiger partial charge in [-0.05, 0) is 48.9 Å². The summed E-state index contributed by atoms with van der Waals surface area (Å²) in [5, 5.41) is 9.42. The van der Waals surface area contributed by atoms with Crippen LogP contribution in [0.2, 0.25) is 0 Å². The molecule has 11 heteroatoms. The number of fused-ring (bicyclic) bond motifs is 1. The first-order valence-corrected chi connectivity index (χ1v) is 12.0. The molecule has 0 aliphatic heterocycles. The van der Waals surface area contributed by atoms with Crippen LogP contribution in [0.3, 0.4) is 0 Å². The van der Waals surface area contributed by atoms with Gasteiger partial charge < -0.3 is 10.1 Å². The van der Waals surface area contributed by atoms with Crippen molar-refractivity contribution in [2.45, 2.75) is 32.1 Å². The van der Waals surface area contributed by atoms with Crippen molar-refractivity contribution in [3.8, 4) is 0 Å². The van der Waals surface area contributed by atoms with E-state index < -0.39 is 50.6 Å². The van der Waals surface area contributed by atoms with Gasteiger partial charge in [0.15, 0.2) is 5.82 Å². The van der Waals surface area contributed by atoms with E-state index in [1.165, 1.54) is 6.20 Å². The summed E-state index contributed by atoms with van der Waals surface area (Å²) in [7, 11) is -3.86. The van der Waals surface area contributed by atoms with Crippen LogP contribution in [0, 0.1) is 17.6 Å². The number of carbonyl (C=O) groups is 2. The van der Waals surface area contributed by atoms with Crippen molar-refractivity contribution < 1.29 is 31.9 Å². The SMILES string of the molecule is CCCS(=O)(=O)Nc1ccc(F)c(C(=O)c2c[nH]c3ncc(C4CC(C(=O)O)C4)cc23)c1F. The predicted molar refractivity (Wildman–Crippen MR) is 117 cm³/mol. The Balaban J connectivity index is 1.69. The van der Waals surface area contributed by atoms with Gasteiger partial charge in [0.05, 0.1) is 22.9 Å². The number of sulfonamides is 1. The molecule has 1 saturated carbocycles. The summed E-state index contributed by atoms with van der Waals surface area (Å²) < 4.78 is 55.7. The zero-order valence-electron chi connectivity index (χ0n) is 17.6. The molecular formula is C22H21F2N3O5S. The summed E-state index contributed by atoms with van der Waals surface area (Å²) in [5.74, 6) is -4.99. The second-order valence-electron chi connectivity index (χ2n) is 8.10. The molecule has 8 nitrogen and oxygen atoms in total. The Labute approximate surface area is 188 Å². The first-order valence-electron chi connectivity index (χ1n) is 10.3. The highest BCUT2D eigenvalue weighted by molar-refractivity contribution is 7.92. The van der Waals surface area contributed by atoms with E-state index in [0.29, 0.717) is 30.3 Å². The lowest BCUT2D eigenvalue weighted by Crippen LogP contribution is -2.28. The second-order valence-corrected chi connectivity index (χ2v) is 9.95. The standard InChI is InChI=1S/C22H21F2N3O5S/c1-2-5-33(31,32)27-17-4-3-16(23)18(19(17)24)20(28)15-10-26-21-14(15)8-13(9-25-21)11-6-12(7-11)22(29)30/h3-4,8-12,27H,2,5-7H2,1H3,(H,25,26)(H,29,30). The highest BCUT2D eigenvalue weighted by Gasteiger charge is 2.36. The molecule has 0 unspecified atom stereocenters. The maximum absolute atomic E-state index is 15.1. The van der Waals surface area contributed by atoms with Crippen molar-refractivity contribution in [3.63, 3.8) is 0 Å². The van der Waals surface area contributed by atoms with Gasteiger partial charge in [-0.1, -0.05) is 6.92 Å². The van der Waals surface area contributed by atoms with E-state index in [-0.39, 0.29) is 17.2 Å². The molecule has 2 aromatic heterocycles. The van der Waals surface area contributed by atoms with E-state index in [1.54, 1.807) is 19.2 Å². The monoisotopic (exact) mass is 477 g/mol. The van der Waals surface area contributed by atoms with E-state index >= 15 is 4.39 Å². The Kier molecular flexibility index (Phi) is 5.91. The molecule has 3 aromatic rings. The lowest BCUT2D eigenvalue weighted by molar-refractivity contribution is -0.145. The van der Waals surface area contributed by atoms with Crippen LogP contribution in [0.15, 0.2) is 30.6 Å². The molecule has 2 heterocycles. The Morgan fingerprint density at radius 1 is 1.27 bits per heavy atom. The topological polar surface area (TPSA) is 129 Å². The maximum Gasteiger partial charge on any atom is 0.306 e. The van der Waals surface area contributed by atoms with Crippen LogP contribution < -0.4 is 4.72 Å². The number of hydrogen-bond acceptors (Lipinski definition) is 5. The number of halogens is 2. The number of nitrogens with zero attached hydrogens (tertiary/aromatic N) is 1. The smallest absolute Gasteiger partial charge is 0.306 e. The number of hydrogen-bond donors (Lipinski definition) is 3. The van der Waals surface area contributed by atoms with Gasteiger partial charge >= 0.3 is 5.97 Å². The molecule has 0 bridgehead atoms. The summed E-state index contributed by atoms with van der Waals surface area (Å²) in [5.41, 5.74) is -0.360. The number of carboxylic acid groups (broad SMARTS) is 1. The van der Waals surface area contributed by atoms with Gasteiger partial charge in [0, 0.05) is 23.3 Å². The van der Waals surface area contributed by atoms with Crippen LogP contribution >= 0.6 is 0 Å². The van der Waals surface area contributed by atoms with Gasteiger partial charge in [-0.15, -0.1) is 0 Å². The number of ketones is 1. The summed E-state index contributed by atoms with van der Waals surface area (Å²) in [6, 6.07) is 3.43. The van der Waals surface area contributed by atoms with Gasteiger partial charge in [0.25, 0.3) is 0 Å². The largest absolute Gasteiger partial charge is 0.481 e. The molecule has 1 aromatic carbocycles. The number of pyridine rings is 1. The summed E-state index contributed by atoms with van der Waals surface area (Å²) >= 11 is 0. The molecule has 0 amide bonds. The van der Waals surface area contributed by atoms with Gasteiger partial charge in [-0.25, -0.2) is 22.2 Å². The molecule has 0 radical (unpaired) electrons. The summed E-state index contributed by atoms with van der Waals surface area (Å²) in [6.45, 7) is 1.64. The fourth-order valence-electron chi connectivity index (χ4n) is 3.98. The third-order valence-corrected chi connectivity index (χ3v) is 7.29. The number of H-pyrrole nitrogens is 1. The van der Waals surface area contributed by atoms with E-state index in [0.717, 1.165) is 17.7 Å². The fourth-order valence-corrected chi connectivity index (χ4v) is 5.12. The molecule has 33 heavy (non-hydrogen) atoms. The second kappa shape index (κ2) is 8.54. The number of aliphatic carboxylic acids is 1. The highest BCUT2D eigenvalue weighted by Crippen LogP contribution is 2.42. The number of carbonyl (C=O) groups excluding carboxylic acids is 1. The van der Waals surface area contributed by atoms with Gasteiger partial charge in [-0.3, -0.25) is 14.3 Å². The van der Waals surface area contributed by atoms with Gasteiger partial charge in [0.2, 0.25) is 15.8 Å². The first-order chi connectivity index (χ1) is 15.6. The van der Waals surface area contributed by atoms with E-state index in [4.69, 9.17) is 5.11 Å². The molecule has 0 atom stereocenters. The molecule has 4 rings (SSSR count). The Hall–Kier alpha value is -3.34. The molecule has 1 aliphatic rings. The van der Waals surface area contributed by atoms with Crippen molar-refractivity contribution in [2.75, 3.05) is 10.5 Å². The molecule has 0 spiro atoms. The summed E-state index contributed by atoms with van der Waals surface area (Å²) in [4.78, 5) is 31.2. The third kappa shape index (κ3) is 4.32. The van der Waals surface area contributed by atoms with Crippen LogP contribution in [0.4, 0.5) is 14.5 Å². The number of nitrogens with one attached hydrogen (secondary N) is 2. The Morgan fingerprint density at radius 2 is 2.00 bits per heavy atom. The number of aromatic amines is 1. The van der Waals surface area contributed by atoms with Crippen LogP contribution in [0.1, 0.15) is 53.6 Å². The summed E-state index contributed by atoms with van der Waals surface area (Å²) in [6.07, 6.45) is 4.05.